The van der Waals surface area contributed by atoms with E-state index in [1.807, 2.05) is 23.1 Å². The third-order valence-corrected chi connectivity index (χ3v) is 7.00. The maximum absolute atomic E-state index is 14.7. The number of aromatic hydroxyl groups is 1. The quantitative estimate of drug-likeness (QED) is 0.513. The molecule has 3 N–H and O–H groups in total. The Morgan fingerprint density at radius 3 is 2.46 bits per heavy atom. The van der Waals surface area contributed by atoms with Crippen LogP contribution >= 0.6 is 0 Å². The van der Waals surface area contributed by atoms with E-state index in [2.05, 4.69) is 14.7 Å². The van der Waals surface area contributed by atoms with Crippen molar-refractivity contribution in [1.82, 2.24) is 4.98 Å². The zero-order valence-electron chi connectivity index (χ0n) is 20.3. The van der Waals surface area contributed by atoms with Gasteiger partial charge in [0.05, 0.1) is 31.0 Å². The summed E-state index contributed by atoms with van der Waals surface area (Å²) in [6, 6.07) is 11.7. The van der Waals surface area contributed by atoms with E-state index < -0.39 is 5.82 Å². The number of pyridine rings is 1. The summed E-state index contributed by atoms with van der Waals surface area (Å²) in [5, 5.41) is 20.1. The van der Waals surface area contributed by atoms with Crippen molar-refractivity contribution in [3.63, 3.8) is 0 Å². The maximum Gasteiger partial charge on any atom is 0.236 e. The first kappa shape index (κ1) is 24.5. The van der Waals surface area contributed by atoms with Gasteiger partial charge in [0.25, 0.3) is 0 Å². The molecule has 0 spiro atoms. The molecule has 8 nitrogen and oxygen atoms in total. The van der Waals surface area contributed by atoms with Crippen LogP contribution in [-0.2, 0) is 4.74 Å². The van der Waals surface area contributed by atoms with Gasteiger partial charge in [-0.25, -0.2) is 9.24 Å². The number of hydrogen-bond acceptors (Lipinski definition) is 7. The van der Waals surface area contributed by atoms with E-state index in [0.717, 1.165) is 12.8 Å². The number of halogens is 1. The highest BCUT2D eigenvalue weighted by Crippen LogP contribution is 2.46. The number of benzene rings is 2. The predicted octanol–water partition coefficient (Wildman–Crippen LogP) is 4.45. The molecule has 0 bridgehead atoms. The predicted molar refractivity (Wildman–Crippen MR) is 140 cm³/mol. The van der Waals surface area contributed by atoms with Crippen LogP contribution in [0.25, 0.3) is 27.1 Å². The Kier molecular flexibility index (Phi) is 6.91. The Morgan fingerprint density at radius 2 is 1.81 bits per heavy atom. The van der Waals surface area contributed by atoms with Gasteiger partial charge in [0, 0.05) is 44.0 Å². The van der Waals surface area contributed by atoms with E-state index in [-0.39, 0.29) is 17.4 Å². The molecule has 37 heavy (non-hydrogen) atoms. The number of phenols is 1. The lowest BCUT2D eigenvalue weighted by Crippen LogP contribution is -2.40. The van der Waals surface area contributed by atoms with Crippen LogP contribution in [0.1, 0.15) is 18.4 Å². The second-order valence-corrected chi connectivity index (χ2v) is 9.26. The minimum Gasteiger partial charge on any atom is -0.506 e. The number of hydrogen-bond donors (Lipinski definition) is 2. The Bertz CT molecular complexity index is 1400. The second-order valence-electron chi connectivity index (χ2n) is 9.26. The third-order valence-electron chi connectivity index (χ3n) is 7.00. The zero-order chi connectivity index (χ0) is 25.9. The first-order valence-electron chi connectivity index (χ1n) is 12.3. The number of nitrogens with zero attached hydrogens (tertiary/aromatic N) is 5. The summed E-state index contributed by atoms with van der Waals surface area (Å²) in [6.07, 6.45) is 3.25. The highest BCUT2D eigenvalue weighted by atomic mass is 19.1. The van der Waals surface area contributed by atoms with Crippen LogP contribution in [0.3, 0.4) is 0 Å². The fraction of sp³-hybridized carbons (Fsp3) is 0.321. The number of aromatic nitrogens is 1. The van der Waals surface area contributed by atoms with Crippen LogP contribution in [0, 0.1) is 23.7 Å². The maximum atomic E-state index is 14.7. The molecule has 2 saturated heterocycles. The van der Waals surface area contributed by atoms with Gasteiger partial charge in [0.15, 0.2) is 0 Å². The van der Waals surface area contributed by atoms with E-state index >= 15 is 0 Å². The molecule has 2 aliphatic rings. The lowest BCUT2D eigenvalue weighted by Gasteiger charge is -2.32. The van der Waals surface area contributed by atoms with Crippen LogP contribution in [-0.4, -0.2) is 55.5 Å². The number of phenolic OH excluding ortho intramolecular Hbond substituents is 1. The van der Waals surface area contributed by atoms with Gasteiger partial charge in [-0.05, 0) is 53.8 Å². The van der Waals surface area contributed by atoms with E-state index in [1.165, 1.54) is 12.1 Å². The minimum atomic E-state index is -0.658. The smallest absolute Gasteiger partial charge is 0.236 e. The van der Waals surface area contributed by atoms with Gasteiger partial charge in [0.2, 0.25) is 5.69 Å². The summed E-state index contributed by atoms with van der Waals surface area (Å²) in [7, 11) is 0. The summed E-state index contributed by atoms with van der Waals surface area (Å²) in [6.45, 7) is 11.9. The van der Waals surface area contributed by atoms with Gasteiger partial charge in [0.1, 0.15) is 23.5 Å². The highest BCUT2D eigenvalue weighted by Gasteiger charge is 2.25. The molecular formula is C28H27FN6O2. The van der Waals surface area contributed by atoms with Crippen molar-refractivity contribution in [2.24, 2.45) is 5.73 Å². The number of nitrogens with two attached hydrogens (primary N) is 1. The molecule has 3 heterocycles. The Labute approximate surface area is 215 Å². The van der Waals surface area contributed by atoms with Gasteiger partial charge < -0.3 is 25.4 Å². The monoisotopic (exact) mass is 498 g/mol. The molecule has 3 aromatic rings. The fourth-order valence-electron chi connectivity index (χ4n) is 4.97. The topological polar surface area (TPSA) is 103 Å². The highest BCUT2D eigenvalue weighted by molar-refractivity contribution is 5.97. The number of rotatable bonds is 4. The number of morpholine rings is 1. The zero-order valence-corrected chi connectivity index (χ0v) is 20.3. The third kappa shape index (κ3) is 4.79. The molecule has 2 aliphatic heterocycles. The Morgan fingerprint density at radius 1 is 1.08 bits per heavy atom. The average Bonchev–Trinajstić information content (AvgIpc) is 2.93. The lowest BCUT2D eigenvalue weighted by atomic mass is 9.93. The molecule has 2 fully saturated rings. The van der Waals surface area contributed by atoms with Gasteiger partial charge in [-0.3, -0.25) is 4.98 Å². The summed E-state index contributed by atoms with van der Waals surface area (Å²) in [5.74, 6) is -0.0240. The van der Waals surface area contributed by atoms with E-state index in [1.54, 1.807) is 18.3 Å². The van der Waals surface area contributed by atoms with Crippen molar-refractivity contribution in [2.75, 3.05) is 49.2 Å². The molecule has 188 valence electrons. The number of piperidine rings is 1. The molecule has 0 unspecified atom stereocenters. The van der Waals surface area contributed by atoms with Gasteiger partial charge in [-0.1, -0.05) is 12.1 Å². The van der Waals surface area contributed by atoms with Gasteiger partial charge in [-0.15, -0.1) is 0 Å². The van der Waals surface area contributed by atoms with E-state index in [9.17, 15) is 14.8 Å². The lowest BCUT2D eigenvalue weighted by molar-refractivity contribution is 0.122. The van der Waals surface area contributed by atoms with Crippen LogP contribution < -0.4 is 15.5 Å². The Balaban J connectivity index is 1.65. The number of anilines is 2. The minimum absolute atomic E-state index is 0.0681. The molecule has 9 heteroatoms. The molecule has 0 amide bonds. The van der Waals surface area contributed by atoms with E-state index in [4.69, 9.17) is 17.0 Å². The standard InChI is InChI=1S/C28H27FN6O2/c1-32-27-26(19-2-3-20(16-30)23(29)14-19)22(17-33-28(27)35-8-6-21(31)7-9-35)18-4-5-24(25(36)15-18)34-10-12-37-13-11-34/h2-5,14-15,17,21,36H,6-13,31H2. The second kappa shape index (κ2) is 10.4. The molecule has 0 saturated carbocycles. The van der Waals surface area contributed by atoms with Crippen molar-refractivity contribution < 1.29 is 14.2 Å². The van der Waals surface area contributed by atoms with Crippen LogP contribution in [0.2, 0.25) is 0 Å². The van der Waals surface area contributed by atoms with Crippen LogP contribution in [0.15, 0.2) is 42.6 Å². The first-order chi connectivity index (χ1) is 18.0. The van der Waals surface area contributed by atoms with Crippen molar-refractivity contribution in [2.45, 2.75) is 18.9 Å². The summed E-state index contributed by atoms with van der Waals surface area (Å²) in [4.78, 5) is 12.6. The molecule has 5 rings (SSSR count). The van der Waals surface area contributed by atoms with Crippen molar-refractivity contribution in [1.29, 1.82) is 5.26 Å². The number of nitriles is 1. The first-order valence-corrected chi connectivity index (χ1v) is 12.3. The summed E-state index contributed by atoms with van der Waals surface area (Å²) < 4.78 is 20.1. The molecule has 1 aromatic heterocycles. The van der Waals surface area contributed by atoms with E-state index in [0.29, 0.717) is 78.8 Å². The Hall–Kier alpha value is -4.18. The fourth-order valence-corrected chi connectivity index (χ4v) is 4.97. The molecular weight excluding hydrogens is 471 g/mol. The average molecular weight is 499 g/mol. The summed E-state index contributed by atoms with van der Waals surface area (Å²) >= 11 is 0. The molecule has 0 radical (unpaired) electrons. The van der Waals surface area contributed by atoms with Crippen LogP contribution in [0.4, 0.5) is 21.6 Å². The largest absolute Gasteiger partial charge is 0.506 e. The number of ether oxygens (including phenoxy) is 1. The van der Waals surface area contributed by atoms with Crippen LogP contribution in [0.5, 0.6) is 5.75 Å². The van der Waals surface area contributed by atoms with Gasteiger partial charge in [-0.2, -0.15) is 5.26 Å². The molecule has 0 atom stereocenters. The van der Waals surface area contributed by atoms with Crippen molar-refractivity contribution in [3.8, 4) is 34.1 Å². The van der Waals surface area contributed by atoms with Crippen molar-refractivity contribution in [3.05, 3.63) is 65.4 Å². The summed E-state index contributed by atoms with van der Waals surface area (Å²) in [5.41, 5.74) is 9.24. The molecule has 2 aromatic carbocycles. The van der Waals surface area contributed by atoms with Gasteiger partial charge >= 0.3 is 0 Å². The van der Waals surface area contributed by atoms with Crippen molar-refractivity contribution >= 4 is 17.2 Å². The normalized spacial score (nSPS) is 16.3. The molecule has 0 aliphatic carbocycles. The SMILES string of the molecule is [C-]#[N+]c1c(N2CCC(N)CC2)ncc(-c2ccc(N3CCOCC3)c(O)c2)c1-c1ccc(C#N)c(F)c1.